The van der Waals surface area contributed by atoms with Crippen molar-refractivity contribution in [3.05, 3.63) is 28.2 Å². The van der Waals surface area contributed by atoms with Crippen LogP contribution >= 0.6 is 15.9 Å². The molecule has 1 saturated heterocycles. The molecule has 1 aliphatic rings. The van der Waals surface area contributed by atoms with Gasteiger partial charge in [0.25, 0.3) is 0 Å². The van der Waals surface area contributed by atoms with Crippen LogP contribution in [-0.2, 0) is 0 Å². The van der Waals surface area contributed by atoms with Crippen LogP contribution in [0.25, 0.3) is 0 Å². The van der Waals surface area contributed by atoms with Crippen molar-refractivity contribution >= 4 is 15.9 Å². The lowest BCUT2D eigenvalue weighted by Gasteiger charge is -2.24. The largest absolute Gasteiger partial charge is 0.488 e. The first-order chi connectivity index (χ1) is 8.70. The van der Waals surface area contributed by atoms with Gasteiger partial charge in [-0.15, -0.1) is 0 Å². The van der Waals surface area contributed by atoms with Crippen LogP contribution in [0.15, 0.2) is 22.7 Å². The normalized spacial score (nSPS) is 21.6. The second kappa shape index (κ2) is 6.58. The van der Waals surface area contributed by atoms with Crippen LogP contribution in [-0.4, -0.2) is 19.2 Å². The molecule has 18 heavy (non-hydrogen) atoms. The molecule has 2 nitrogen and oxygen atoms in total. The van der Waals surface area contributed by atoms with Gasteiger partial charge in [-0.3, -0.25) is 0 Å². The fourth-order valence-corrected chi connectivity index (χ4v) is 2.74. The van der Waals surface area contributed by atoms with E-state index in [0.29, 0.717) is 12.0 Å². The van der Waals surface area contributed by atoms with Crippen molar-refractivity contribution in [3.8, 4) is 5.75 Å². The minimum absolute atomic E-state index is 0.310. The summed E-state index contributed by atoms with van der Waals surface area (Å²) in [6, 6.07) is 6.48. The Hall–Kier alpha value is -0.540. The Labute approximate surface area is 118 Å². The number of hydrogen-bond donors (Lipinski definition) is 1. The second-order valence-corrected chi connectivity index (χ2v) is 5.94. The topological polar surface area (TPSA) is 21.3 Å². The molecule has 1 heterocycles. The quantitative estimate of drug-likeness (QED) is 0.904. The predicted molar refractivity (Wildman–Crippen MR) is 79.4 cm³/mol. The number of ether oxygens (including phenoxy) is 1. The third-order valence-corrected chi connectivity index (χ3v) is 4.30. The molecule has 3 heteroatoms. The van der Waals surface area contributed by atoms with Crippen molar-refractivity contribution in [2.75, 3.05) is 13.1 Å². The average Bonchev–Trinajstić information content (AvgIpc) is 2.41. The number of halogens is 1. The molecule has 0 spiro atoms. The Kier molecular flexibility index (Phi) is 5.07. The maximum absolute atomic E-state index is 6.05. The van der Waals surface area contributed by atoms with Gasteiger partial charge in [-0.05, 0) is 65.4 Å². The molecular weight excluding hydrogens is 290 g/mol. The van der Waals surface area contributed by atoms with E-state index in [1.807, 2.05) is 0 Å². The molecule has 100 valence electrons. The molecule has 1 fully saturated rings. The first kappa shape index (κ1) is 13.9. The van der Waals surface area contributed by atoms with Crippen LogP contribution in [0.4, 0.5) is 0 Å². The van der Waals surface area contributed by atoms with Crippen molar-refractivity contribution < 1.29 is 4.74 Å². The van der Waals surface area contributed by atoms with E-state index in [2.05, 4.69) is 53.3 Å². The highest BCUT2D eigenvalue weighted by atomic mass is 79.9. The van der Waals surface area contributed by atoms with E-state index >= 15 is 0 Å². The first-order valence-electron chi connectivity index (χ1n) is 6.87. The molecule has 0 aliphatic carbocycles. The summed E-state index contributed by atoms with van der Waals surface area (Å²) < 4.78 is 7.12. The summed E-state index contributed by atoms with van der Waals surface area (Å²) in [7, 11) is 0. The van der Waals surface area contributed by atoms with E-state index in [4.69, 9.17) is 4.74 Å². The number of piperidine rings is 1. The Balaban J connectivity index is 2.04. The van der Waals surface area contributed by atoms with E-state index in [-0.39, 0.29) is 0 Å². The fraction of sp³-hybridized carbons (Fsp3) is 0.600. The summed E-state index contributed by atoms with van der Waals surface area (Å²) in [5, 5.41) is 3.37. The van der Waals surface area contributed by atoms with Crippen molar-refractivity contribution in [1.82, 2.24) is 5.32 Å². The summed E-state index contributed by atoms with van der Waals surface area (Å²) >= 11 is 3.63. The smallest absolute Gasteiger partial charge is 0.133 e. The van der Waals surface area contributed by atoms with E-state index in [1.54, 1.807) is 0 Å². The van der Waals surface area contributed by atoms with Gasteiger partial charge in [0.2, 0.25) is 0 Å². The van der Waals surface area contributed by atoms with E-state index in [0.717, 1.165) is 29.7 Å². The lowest BCUT2D eigenvalue weighted by molar-refractivity contribution is 0.166. The standard InChI is InChI=1S/C15H22BrNO/c1-3-11(2)12-6-7-15(14(16)9-12)18-13-5-4-8-17-10-13/h6-7,9,11,13,17H,3-5,8,10H2,1-2H3. The zero-order chi connectivity index (χ0) is 13.0. The Bertz CT molecular complexity index is 388. The molecule has 2 rings (SSSR count). The second-order valence-electron chi connectivity index (χ2n) is 5.09. The SMILES string of the molecule is CCC(C)c1ccc(OC2CCCNC2)c(Br)c1. The lowest BCUT2D eigenvalue weighted by atomic mass is 9.99. The van der Waals surface area contributed by atoms with E-state index in [9.17, 15) is 0 Å². The molecule has 0 radical (unpaired) electrons. The molecule has 2 unspecified atom stereocenters. The van der Waals surface area contributed by atoms with Crippen molar-refractivity contribution in [2.45, 2.75) is 45.1 Å². The van der Waals surface area contributed by atoms with E-state index in [1.165, 1.54) is 18.4 Å². The summed E-state index contributed by atoms with van der Waals surface area (Å²) in [4.78, 5) is 0. The van der Waals surface area contributed by atoms with Crippen LogP contribution in [0.2, 0.25) is 0 Å². The molecule has 0 aromatic heterocycles. The molecule has 1 aliphatic heterocycles. The van der Waals surface area contributed by atoms with Crippen LogP contribution in [0, 0.1) is 0 Å². The number of hydrogen-bond acceptors (Lipinski definition) is 2. The summed E-state index contributed by atoms with van der Waals surface area (Å²) in [5.41, 5.74) is 1.37. The summed E-state index contributed by atoms with van der Waals surface area (Å²) in [6.45, 7) is 6.55. The van der Waals surface area contributed by atoms with Gasteiger partial charge in [-0.25, -0.2) is 0 Å². The number of nitrogens with one attached hydrogen (secondary N) is 1. The fourth-order valence-electron chi connectivity index (χ4n) is 2.25. The summed E-state index contributed by atoms with van der Waals surface area (Å²) in [6.07, 6.45) is 3.82. The third kappa shape index (κ3) is 3.48. The van der Waals surface area contributed by atoms with Gasteiger partial charge in [0, 0.05) is 6.54 Å². The minimum Gasteiger partial charge on any atom is -0.488 e. The van der Waals surface area contributed by atoms with Crippen molar-refractivity contribution in [3.63, 3.8) is 0 Å². The number of rotatable bonds is 4. The van der Waals surface area contributed by atoms with Crippen LogP contribution in [0.3, 0.4) is 0 Å². The predicted octanol–water partition coefficient (Wildman–Crippen LogP) is 4.09. The maximum Gasteiger partial charge on any atom is 0.133 e. The van der Waals surface area contributed by atoms with Gasteiger partial charge in [0.05, 0.1) is 4.47 Å². The van der Waals surface area contributed by atoms with Crippen LogP contribution in [0.5, 0.6) is 5.75 Å². The third-order valence-electron chi connectivity index (χ3n) is 3.68. The molecule has 0 saturated carbocycles. The number of benzene rings is 1. The highest BCUT2D eigenvalue weighted by Crippen LogP contribution is 2.31. The van der Waals surface area contributed by atoms with Crippen molar-refractivity contribution in [1.29, 1.82) is 0 Å². The molecule has 1 aromatic carbocycles. The van der Waals surface area contributed by atoms with Gasteiger partial charge in [0.1, 0.15) is 11.9 Å². The van der Waals surface area contributed by atoms with Gasteiger partial charge in [-0.1, -0.05) is 19.9 Å². The Morgan fingerprint density at radius 1 is 1.50 bits per heavy atom. The van der Waals surface area contributed by atoms with Gasteiger partial charge >= 0.3 is 0 Å². The lowest BCUT2D eigenvalue weighted by Crippen LogP contribution is -2.37. The molecular formula is C15H22BrNO. The first-order valence-corrected chi connectivity index (χ1v) is 7.66. The molecule has 0 amide bonds. The Morgan fingerprint density at radius 3 is 2.94 bits per heavy atom. The highest BCUT2D eigenvalue weighted by Gasteiger charge is 2.16. The summed E-state index contributed by atoms with van der Waals surface area (Å²) in [5.74, 6) is 1.57. The van der Waals surface area contributed by atoms with Gasteiger partial charge in [0.15, 0.2) is 0 Å². The average molecular weight is 312 g/mol. The van der Waals surface area contributed by atoms with Crippen LogP contribution in [0.1, 0.15) is 44.6 Å². The van der Waals surface area contributed by atoms with Gasteiger partial charge < -0.3 is 10.1 Å². The maximum atomic E-state index is 6.05. The zero-order valence-electron chi connectivity index (χ0n) is 11.2. The van der Waals surface area contributed by atoms with E-state index < -0.39 is 0 Å². The Morgan fingerprint density at radius 2 is 2.33 bits per heavy atom. The minimum atomic E-state index is 0.310. The zero-order valence-corrected chi connectivity index (χ0v) is 12.8. The monoisotopic (exact) mass is 311 g/mol. The van der Waals surface area contributed by atoms with Crippen molar-refractivity contribution in [2.24, 2.45) is 0 Å². The molecule has 1 aromatic rings. The van der Waals surface area contributed by atoms with Gasteiger partial charge in [-0.2, -0.15) is 0 Å². The molecule has 2 atom stereocenters. The molecule has 1 N–H and O–H groups in total. The molecule has 0 bridgehead atoms. The highest BCUT2D eigenvalue weighted by molar-refractivity contribution is 9.10. The van der Waals surface area contributed by atoms with Crippen LogP contribution < -0.4 is 10.1 Å².